The number of ether oxygens (including phenoxy) is 1. The Kier molecular flexibility index (Phi) is 5.19. The summed E-state index contributed by atoms with van der Waals surface area (Å²) >= 11 is 2.65. The number of carbonyl (C=O) groups excluding carboxylic acids is 2. The van der Waals surface area contributed by atoms with Gasteiger partial charge in [0, 0.05) is 11.9 Å². The Bertz CT molecular complexity index is 1020. The smallest absolute Gasteiger partial charge is 0.349 e. The standard InChI is InChI=1S/C17H17N3O4S2/c1-9-13-15(22)18-10(2)19-16(13)26-14(9)17(23)24-8-12(21)20(3)7-11-5-4-6-25-11/h4-6H,7-8H2,1-3H3,(H,18,19,22). The van der Waals surface area contributed by atoms with Crippen LogP contribution in [0.5, 0.6) is 0 Å². The van der Waals surface area contributed by atoms with Gasteiger partial charge in [0.05, 0.1) is 11.9 Å². The van der Waals surface area contributed by atoms with Gasteiger partial charge in [-0.3, -0.25) is 9.59 Å². The first-order valence-corrected chi connectivity index (χ1v) is 9.50. The van der Waals surface area contributed by atoms with Gasteiger partial charge < -0.3 is 14.6 Å². The number of H-pyrrole nitrogens is 1. The number of carbonyl (C=O) groups is 2. The van der Waals surface area contributed by atoms with Gasteiger partial charge in [-0.1, -0.05) is 6.07 Å². The number of rotatable bonds is 5. The second-order valence-electron chi connectivity index (χ2n) is 5.79. The maximum atomic E-state index is 12.4. The lowest BCUT2D eigenvalue weighted by Gasteiger charge is -2.16. The minimum atomic E-state index is -0.625. The fourth-order valence-electron chi connectivity index (χ4n) is 2.47. The highest BCUT2D eigenvalue weighted by Crippen LogP contribution is 2.27. The van der Waals surface area contributed by atoms with Crippen molar-refractivity contribution in [3.63, 3.8) is 0 Å². The zero-order chi connectivity index (χ0) is 18.8. The molecule has 0 aliphatic carbocycles. The summed E-state index contributed by atoms with van der Waals surface area (Å²) in [6.07, 6.45) is 0. The monoisotopic (exact) mass is 391 g/mol. The number of likely N-dealkylation sites (N-methyl/N-ethyl adjacent to an activating group) is 1. The van der Waals surface area contributed by atoms with Crippen LogP contribution in [0.25, 0.3) is 10.2 Å². The molecule has 0 radical (unpaired) electrons. The summed E-state index contributed by atoms with van der Waals surface area (Å²) in [6, 6.07) is 3.85. The molecule has 0 bridgehead atoms. The van der Waals surface area contributed by atoms with Crippen LogP contribution in [0.3, 0.4) is 0 Å². The molecule has 0 aliphatic heterocycles. The van der Waals surface area contributed by atoms with Crippen LogP contribution in [0, 0.1) is 13.8 Å². The predicted octanol–water partition coefficient (Wildman–Crippen LogP) is 2.48. The fraction of sp³-hybridized carbons (Fsp3) is 0.294. The molecule has 0 atom stereocenters. The fourth-order valence-corrected chi connectivity index (χ4v) is 4.35. The highest BCUT2D eigenvalue weighted by molar-refractivity contribution is 7.20. The molecule has 26 heavy (non-hydrogen) atoms. The highest BCUT2D eigenvalue weighted by atomic mass is 32.1. The number of hydrogen-bond acceptors (Lipinski definition) is 7. The first kappa shape index (κ1) is 18.3. The molecule has 3 heterocycles. The van der Waals surface area contributed by atoms with E-state index in [-0.39, 0.29) is 23.0 Å². The van der Waals surface area contributed by atoms with Crippen molar-refractivity contribution in [3.05, 3.63) is 49.0 Å². The molecule has 3 aromatic heterocycles. The van der Waals surface area contributed by atoms with Crippen LogP contribution in [0.2, 0.25) is 0 Å². The molecule has 0 saturated heterocycles. The topological polar surface area (TPSA) is 92.4 Å². The summed E-state index contributed by atoms with van der Waals surface area (Å²) < 4.78 is 5.15. The molecule has 136 valence electrons. The minimum absolute atomic E-state index is 0.285. The summed E-state index contributed by atoms with van der Waals surface area (Å²) in [6.45, 7) is 3.47. The summed E-state index contributed by atoms with van der Waals surface area (Å²) in [4.78, 5) is 46.8. The lowest BCUT2D eigenvalue weighted by molar-refractivity contribution is -0.133. The number of aryl methyl sites for hydroxylation is 2. The molecule has 0 fully saturated rings. The van der Waals surface area contributed by atoms with Gasteiger partial charge in [-0.15, -0.1) is 22.7 Å². The van der Waals surface area contributed by atoms with E-state index in [9.17, 15) is 14.4 Å². The molecular weight excluding hydrogens is 374 g/mol. The van der Waals surface area contributed by atoms with Gasteiger partial charge in [-0.2, -0.15) is 0 Å². The summed E-state index contributed by atoms with van der Waals surface area (Å²) in [5.41, 5.74) is 0.232. The van der Waals surface area contributed by atoms with Gasteiger partial charge in [-0.25, -0.2) is 9.78 Å². The molecule has 9 heteroatoms. The largest absolute Gasteiger partial charge is 0.451 e. The molecular formula is C17H17N3O4S2. The molecule has 0 aromatic carbocycles. The molecule has 3 aromatic rings. The van der Waals surface area contributed by atoms with Gasteiger partial charge in [0.1, 0.15) is 15.5 Å². The molecule has 7 nitrogen and oxygen atoms in total. The van der Waals surface area contributed by atoms with Crippen molar-refractivity contribution in [1.29, 1.82) is 0 Å². The van der Waals surface area contributed by atoms with Crippen LogP contribution in [0.15, 0.2) is 22.3 Å². The van der Waals surface area contributed by atoms with E-state index in [1.54, 1.807) is 32.2 Å². The minimum Gasteiger partial charge on any atom is -0.451 e. The molecule has 0 spiro atoms. The number of aromatic amines is 1. The number of aromatic nitrogens is 2. The van der Waals surface area contributed by atoms with E-state index in [1.807, 2.05) is 17.5 Å². The number of esters is 1. The molecule has 0 unspecified atom stereocenters. The van der Waals surface area contributed by atoms with Crippen molar-refractivity contribution >= 4 is 44.8 Å². The quantitative estimate of drug-likeness (QED) is 0.675. The van der Waals surface area contributed by atoms with Gasteiger partial charge in [0.2, 0.25) is 0 Å². The van der Waals surface area contributed by atoms with Crippen molar-refractivity contribution < 1.29 is 14.3 Å². The van der Waals surface area contributed by atoms with Gasteiger partial charge in [0.25, 0.3) is 11.5 Å². The maximum absolute atomic E-state index is 12.4. The molecule has 1 amide bonds. The normalized spacial score (nSPS) is 10.9. The van der Waals surface area contributed by atoms with Gasteiger partial charge in [-0.05, 0) is 30.9 Å². The highest BCUT2D eigenvalue weighted by Gasteiger charge is 2.21. The van der Waals surface area contributed by atoms with E-state index in [0.717, 1.165) is 16.2 Å². The number of nitrogens with one attached hydrogen (secondary N) is 1. The van der Waals surface area contributed by atoms with Gasteiger partial charge >= 0.3 is 5.97 Å². The lowest BCUT2D eigenvalue weighted by atomic mass is 10.2. The van der Waals surface area contributed by atoms with Crippen LogP contribution in [-0.2, 0) is 16.1 Å². The van der Waals surface area contributed by atoms with Crippen molar-refractivity contribution in [2.45, 2.75) is 20.4 Å². The number of fused-ring (bicyclic) bond motifs is 1. The molecule has 0 aliphatic rings. The van der Waals surface area contributed by atoms with Crippen LogP contribution in [0.1, 0.15) is 25.9 Å². The van der Waals surface area contributed by atoms with Crippen molar-refractivity contribution in [3.8, 4) is 0 Å². The Morgan fingerprint density at radius 1 is 1.35 bits per heavy atom. The van der Waals surface area contributed by atoms with Crippen molar-refractivity contribution in [2.24, 2.45) is 0 Å². The van der Waals surface area contributed by atoms with E-state index in [4.69, 9.17) is 4.74 Å². The first-order valence-electron chi connectivity index (χ1n) is 7.80. The van der Waals surface area contributed by atoms with E-state index >= 15 is 0 Å². The lowest BCUT2D eigenvalue weighted by Crippen LogP contribution is -2.30. The van der Waals surface area contributed by atoms with E-state index in [0.29, 0.717) is 28.1 Å². The second-order valence-corrected chi connectivity index (χ2v) is 7.82. The second kappa shape index (κ2) is 7.38. The average molecular weight is 391 g/mol. The molecule has 3 rings (SSSR count). The average Bonchev–Trinajstić information content (AvgIpc) is 3.20. The van der Waals surface area contributed by atoms with E-state index < -0.39 is 5.97 Å². The Balaban J connectivity index is 1.69. The first-order chi connectivity index (χ1) is 12.4. The SMILES string of the molecule is Cc1nc2sc(C(=O)OCC(=O)N(C)Cc3cccs3)c(C)c2c(=O)[nH]1. The zero-order valence-corrected chi connectivity index (χ0v) is 16.1. The van der Waals surface area contributed by atoms with E-state index in [1.165, 1.54) is 4.90 Å². The third kappa shape index (κ3) is 3.68. The van der Waals surface area contributed by atoms with Crippen LogP contribution >= 0.6 is 22.7 Å². The summed E-state index contributed by atoms with van der Waals surface area (Å²) in [7, 11) is 1.66. The Labute approximate surface area is 157 Å². The van der Waals surface area contributed by atoms with Crippen LogP contribution in [-0.4, -0.2) is 40.4 Å². The molecule has 0 saturated carbocycles. The molecule has 1 N–H and O–H groups in total. The summed E-state index contributed by atoms with van der Waals surface area (Å²) in [5.74, 6) is -0.438. The van der Waals surface area contributed by atoms with Crippen LogP contribution < -0.4 is 5.56 Å². The third-order valence-corrected chi connectivity index (χ3v) is 5.86. The van der Waals surface area contributed by atoms with Crippen molar-refractivity contribution in [2.75, 3.05) is 13.7 Å². The summed E-state index contributed by atoms with van der Waals surface area (Å²) in [5, 5.41) is 2.32. The van der Waals surface area contributed by atoms with Crippen molar-refractivity contribution in [1.82, 2.24) is 14.9 Å². The number of amides is 1. The predicted molar refractivity (Wildman–Crippen MR) is 101 cm³/mol. The Hall–Kier alpha value is -2.52. The maximum Gasteiger partial charge on any atom is 0.349 e. The zero-order valence-electron chi connectivity index (χ0n) is 14.5. The Morgan fingerprint density at radius 3 is 2.81 bits per heavy atom. The van der Waals surface area contributed by atoms with Gasteiger partial charge in [0.15, 0.2) is 6.61 Å². The van der Waals surface area contributed by atoms with E-state index in [2.05, 4.69) is 9.97 Å². The number of hydrogen-bond donors (Lipinski definition) is 1. The Morgan fingerprint density at radius 2 is 2.12 bits per heavy atom. The third-order valence-electron chi connectivity index (χ3n) is 3.83. The van der Waals surface area contributed by atoms with Crippen LogP contribution in [0.4, 0.5) is 0 Å². The number of thiophene rings is 2. The number of nitrogens with zero attached hydrogens (tertiary/aromatic N) is 2.